The van der Waals surface area contributed by atoms with Gasteiger partial charge in [0.05, 0.1) is 28.6 Å². The van der Waals surface area contributed by atoms with Gasteiger partial charge in [0.2, 0.25) is 5.91 Å². The molecule has 0 saturated heterocycles. The maximum Gasteiger partial charge on any atom is 0.307 e. The van der Waals surface area contributed by atoms with Crippen molar-refractivity contribution in [2.75, 3.05) is 20.6 Å². The van der Waals surface area contributed by atoms with Gasteiger partial charge in [-0.05, 0) is 95.9 Å². The van der Waals surface area contributed by atoms with Crippen LogP contribution in [0.3, 0.4) is 0 Å². The molecule has 1 aromatic heterocycles. The monoisotopic (exact) mass is 507 g/mol. The number of carbonyl (C=O) groups is 2. The van der Waals surface area contributed by atoms with Gasteiger partial charge < -0.3 is 15.0 Å². The van der Waals surface area contributed by atoms with Crippen LogP contribution in [0.1, 0.15) is 55.3 Å². The Hall–Kier alpha value is -2.77. The summed E-state index contributed by atoms with van der Waals surface area (Å²) >= 11 is 1.60. The van der Waals surface area contributed by atoms with E-state index in [1.807, 2.05) is 45.0 Å². The van der Waals surface area contributed by atoms with Gasteiger partial charge >= 0.3 is 5.97 Å². The van der Waals surface area contributed by atoms with Crippen LogP contribution in [-0.4, -0.2) is 48.0 Å². The van der Waals surface area contributed by atoms with Gasteiger partial charge in [0.15, 0.2) is 0 Å². The molecule has 0 atom stereocenters. The average molecular weight is 508 g/mol. The number of fused-ring (bicyclic) bond motifs is 2. The third-order valence-corrected chi connectivity index (χ3v) is 7.56. The van der Waals surface area contributed by atoms with Crippen molar-refractivity contribution in [3.8, 4) is 0 Å². The molecule has 1 heterocycles. The van der Waals surface area contributed by atoms with Crippen molar-refractivity contribution in [1.29, 1.82) is 0 Å². The molecule has 0 bridgehead atoms. The Morgan fingerprint density at radius 1 is 1.11 bits per heavy atom. The second-order valence-corrected chi connectivity index (χ2v) is 12.3. The van der Waals surface area contributed by atoms with E-state index in [0.717, 1.165) is 45.7 Å². The Kier molecular flexibility index (Phi) is 7.81. The highest BCUT2D eigenvalue weighted by Gasteiger charge is 2.46. The van der Waals surface area contributed by atoms with Crippen LogP contribution in [0.5, 0.6) is 0 Å². The number of thiazole rings is 1. The Bertz CT molecular complexity index is 1220. The van der Waals surface area contributed by atoms with Crippen LogP contribution >= 0.6 is 11.3 Å². The van der Waals surface area contributed by atoms with Crippen LogP contribution in [-0.2, 0) is 40.1 Å². The van der Waals surface area contributed by atoms with Crippen molar-refractivity contribution in [2.24, 2.45) is 5.41 Å². The van der Waals surface area contributed by atoms with E-state index in [1.165, 1.54) is 5.56 Å². The van der Waals surface area contributed by atoms with Crippen LogP contribution in [0.15, 0.2) is 42.5 Å². The fourth-order valence-electron chi connectivity index (χ4n) is 4.91. The average Bonchev–Trinajstić information content (AvgIpc) is 3.36. The van der Waals surface area contributed by atoms with Gasteiger partial charge in [-0.25, -0.2) is 4.98 Å². The van der Waals surface area contributed by atoms with Crippen molar-refractivity contribution in [1.82, 2.24) is 15.2 Å². The molecule has 0 radical (unpaired) electrons. The minimum atomic E-state index is -0.845. The zero-order valence-electron chi connectivity index (χ0n) is 22.0. The molecule has 0 unspecified atom stereocenters. The number of carbonyl (C=O) groups excluding carboxylic acids is 2. The van der Waals surface area contributed by atoms with E-state index < -0.39 is 11.0 Å². The number of aryl methyl sites for hydroxylation is 1. The minimum absolute atomic E-state index is 0.0565. The van der Waals surface area contributed by atoms with Gasteiger partial charge in [0.1, 0.15) is 10.6 Å². The second kappa shape index (κ2) is 10.7. The van der Waals surface area contributed by atoms with Crippen molar-refractivity contribution < 1.29 is 14.3 Å². The van der Waals surface area contributed by atoms with Gasteiger partial charge in [-0.2, -0.15) is 0 Å². The lowest BCUT2D eigenvalue weighted by Crippen LogP contribution is -2.44. The van der Waals surface area contributed by atoms with Gasteiger partial charge in [0, 0.05) is 0 Å². The van der Waals surface area contributed by atoms with E-state index >= 15 is 0 Å². The maximum atomic E-state index is 13.6. The summed E-state index contributed by atoms with van der Waals surface area (Å²) in [6.07, 6.45) is 3.24. The largest absolute Gasteiger partial charge is 0.460 e. The normalized spacial score (nSPS) is 14.7. The van der Waals surface area contributed by atoms with Gasteiger partial charge in [0.25, 0.3) is 0 Å². The molecule has 0 aliphatic heterocycles. The molecule has 2 aromatic carbocycles. The summed E-state index contributed by atoms with van der Waals surface area (Å²) in [5.74, 6) is -0.458. The summed E-state index contributed by atoms with van der Waals surface area (Å²) in [6, 6.07) is 14.5. The smallest absolute Gasteiger partial charge is 0.307 e. The predicted molar refractivity (Wildman–Crippen MR) is 145 cm³/mol. The number of nitrogens with zero attached hydrogens (tertiary/aromatic N) is 2. The fraction of sp³-hybridized carbons (Fsp3) is 0.483. The Labute approximate surface area is 218 Å². The maximum absolute atomic E-state index is 13.6. The van der Waals surface area contributed by atoms with Gasteiger partial charge in [-0.15, -0.1) is 11.3 Å². The first-order chi connectivity index (χ1) is 17.0. The molecule has 0 saturated carbocycles. The summed E-state index contributed by atoms with van der Waals surface area (Å²) in [7, 11) is 4.18. The summed E-state index contributed by atoms with van der Waals surface area (Å²) in [6.45, 7) is 6.95. The van der Waals surface area contributed by atoms with E-state index in [0.29, 0.717) is 19.4 Å². The number of ether oxygens (including phenoxy) is 1. The lowest BCUT2D eigenvalue weighted by atomic mass is 9.80. The molecule has 0 spiro atoms. The first-order valence-corrected chi connectivity index (χ1v) is 13.4. The zero-order chi connectivity index (χ0) is 25.9. The fourth-order valence-corrected chi connectivity index (χ4v) is 5.80. The SMILES string of the molecule is CN(C)CCCc1ccc2sc(CNC(=O)C3(CC(=O)OC(C)(C)C)Cc4ccccc4C3)nc2c1. The molecule has 7 heteroatoms. The van der Waals surface area contributed by atoms with Crippen LogP contribution in [0, 0.1) is 5.41 Å². The molecular weight excluding hydrogens is 470 g/mol. The molecule has 1 aliphatic rings. The van der Waals surface area contributed by atoms with Crippen molar-refractivity contribution in [3.05, 3.63) is 64.2 Å². The van der Waals surface area contributed by atoms with Crippen molar-refractivity contribution in [2.45, 2.75) is 65.0 Å². The Balaban J connectivity index is 1.46. The molecule has 1 N–H and O–H groups in total. The first-order valence-electron chi connectivity index (χ1n) is 12.6. The van der Waals surface area contributed by atoms with E-state index in [1.54, 1.807) is 11.3 Å². The summed E-state index contributed by atoms with van der Waals surface area (Å²) < 4.78 is 6.71. The third-order valence-electron chi connectivity index (χ3n) is 6.53. The summed E-state index contributed by atoms with van der Waals surface area (Å²) in [4.78, 5) is 33.4. The molecule has 4 rings (SSSR count). The van der Waals surface area contributed by atoms with Crippen molar-refractivity contribution >= 4 is 33.4 Å². The summed E-state index contributed by atoms with van der Waals surface area (Å²) in [5.41, 5.74) is 3.07. The number of nitrogens with one attached hydrogen (secondary N) is 1. The number of aromatic nitrogens is 1. The molecule has 36 heavy (non-hydrogen) atoms. The van der Waals surface area contributed by atoms with Crippen molar-refractivity contribution in [3.63, 3.8) is 0 Å². The third kappa shape index (κ3) is 6.51. The van der Waals surface area contributed by atoms with Crippen LogP contribution in [0.25, 0.3) is 10.2 Å². The number of amides is 1. The van der Waals surface area contributed by atoms with E-state index in [9.17, 15) is 9.59 Å². The highest BCUT2D eigenvalue weighted by Crippen LogP contribution is 2.41. The lowest BCUT2D eigenvalue weighted by molar-refractivity contribution is -0.160. The molecule has 1 amide bonds. The number of esters is 1. The van der Waals surface area contributed by atoms with E-state index in [-0.39, 0.29) is 18.3 Å². The number of benzene rings is 2. The second-order valence-electron chi connectivity index (χ2n) is 11.2. The lowest BCUT2D eigenvalue weighted by Gasteiger charge is -2.28. The number of rotatable bonds is 9. The Morgan fingerprint density at radius 3 is 2.44 bits per heavy atom. The Morgan fingerprint density at radius 2 is 1.81 bits per heavy atom. The highest BCUT2D eigenvalue weighted by molar-refractivity contribution is 7.18. The number of hydrogen-bond acceptors (Lipinski definition) is 6. The van der Waals surface area contributed by atoms with E-state index in [4.69, 9.17) is 9.72 Å². The van der Waals surface area contributed by atoms with E-state index in [2.05, 4.69) is 42.5 Å². The molecule has 1 aliphatic carbocycles. The van der Waals surface area contributed by atoms with Crippen LogP contribution in [0.4, 0.5) is 0 Å². The van der Waals surface area contributed by atoms with Crippen LogP contribution in [0.2, 0.25) is 0 Å². The van der Waals surface area contributed by atoms with Crippen LogP contribution < -0.4 is 5.32 Å². The molecule has 192 valence electrons. The molecule has 0 fully saturated rings. The van der Waals surface area contributed by atoms with Gasteiger partial charge in [-0.3, -0.25) is 9.59 Å². The van der Waals surface area contributed by atoms with Gasteiger partial charge in [-0.1, -0.05) is 30.3 Å². The number of hydrogen-bond donors (Lipinski definition) is 1. The predicted octanol–water partition coefficient (Wildman–Crippen LogP) is 4.92. The first kappa shape index (κ1) is 26.3. The molecule has 3 aromatic rings. The highest BCUT2D eigenvalue weighted by atomic mass is 32.1. The standard InChI is InChI=1S/C29H37N3O3S/c1-28(2,3)35-26(33)18-29(16-21-10-6-7-11-22(21)17-29)27(34)30-19-25-31-23-15-20(9-8-14-32(4)5)12-13-24(23)36-25/h6-7,10-13,15H,8-9,14,16-19H2,1-5H3,(H,30,34). The molecular formula is C29H37N3O3S. The molecule has 6 nitrogen and oxygen atoms in total. The topological polar surface area (TPSA) is 71.5 Å². The minimum Gasteiger partial charge on any atom is -0.460 e. The summed E-state index contributed by atoms with van der Waals surface area (Å²) in [5, 5.41) is 3.97. The quantitative estimate of drug-likeness (QED) is 0.416. The zero-order valence-corrected chi connectivity index (χ0v) is 22.8.